The fraction of sp³-hybridized carbons (Fsp3) is 0.688. The summed E-state index contributed by atoms with van der Waals surface area (Å²) in [5, 5.41) is 12.1. The molecule has 2 unspecified atom stereocenters. The van der Waals surface area contributed by atoms with Gasteiger partial charge in [0, 0.05) is 18.7 Å². The number of rotatable bonds is 3. The van der Waals surface area contributed by atoms with Gasteiger partial charge in [0.2, 0.25) is 0 Å². The monoisotopic (exact) mass is 348 g/mol. The third kappa shape index (κ3) is 4.23. The van der Waals surface area contributed by atoms with E-state index < -0.39 is 18.2 Å². The molecule has 1 aromatic heterocycles. The maximum absolute atomic E-state index is 12.5. The number of hydrogen-bond donors (Lipinski definition) is 2. The number of alkyl halides is 3. The van der Waals surface area contributed by atoms with Gasteiger partial charge < -0.3 is 19.7 Å². The van der Waals surface area contributed by atoms with Gasteiger partial charge in [0.05, 0.1) is 6.04 Å². The zero-order chi connectivity index (χ0) is 18.1. The van der Waals surface area contributed by atoms with E-state index in [1.54, 1.807) is 0 Å². The predicted octanol–water partition coefficient (Wildman–Crippen LogP) is 3.30. The van der Waals surface area contributed by atoms with Crippen LogP contribution in [0.2, 0.25) is 0 Å². The molecule has 1 aliphatic heterocycles. The van der Waals surface area contributed by atoms with Crippen molar-refractivity contribution >= 4 is 6.03 Å². The molecule has 1 saturated heterocycles. The molecule has 0 saturated carbocycles. The van der Waals surface area contributed by atoms with Crippen molar-refractivity contribution in [1.29, 1.82) is 0 Å². The number of aryl methyl sites for hydroxylation is 2. The number of hydrogen-bond acceptors (Lipinski definition) is 3. The van der Waals surface area contributed by atoms with Gasteiger partial charge in [-0.25, -0.2) is 4.79 Å². The van der Waals surface area contributed by atoms with Gasteiger partial charge in [-0.05, 0) is 45.6 Å². The normalized spacial score (nSPS) is 19.2. The number of nitrogens with zero attached hydrogens (tertiary/aromatic N) is 1. The summed E-state index contributed by atoms with van der Waals surface area (Å²) in [6, 6.07) is 1.28. The molecule has 136 valence electrons. The predicted molar refractivity (Wildman–Crippen MR) is 81.5 cm³/mol. The number of aliphatic hydroxyl groups is 1. The number of carbonyl (C=O) groups excluding carboxylic acids is 1. The lowest BCUT2D eigenvalue weighted by molar-refractivity contribution is -0.222. The first-order chi connectivity index (χ1) is 11.1. The molecule has 2 rings (SSSR count). The molecule has 2 atom stereocenters. The van der Waals surface area contributed by atoms with Crippen molar-refractivity contribution in [3.05, 3.63) is 23.2 Å². The molecule has 1 aromatic rings. The van der Waals surface area contributed by atoms with Crippen molar-refractivity contribution in [2.45, 2.75) is 51.9 Å². The van der Waals surface area contributed by atoms with Crippen molar-refractivity contribution in [2.75, 3.05) is 13.1 Å². The second-order valence-corrected chi connectivity index (χ2v) is 6.35. The van der Waals surface area contributed by atoms with Crippen LogP contribution in [0, 0.1) is 19.8 Å². The van der Waals surface area contributed by atoms with E-state index in [-0.39, 0.29) is 38.0 Å². The van der Waals surface area contributed by atoms with Crippen LogP contribution in [0.25, 0.3) is 0 Å². The molecule has 24 heavy (non-hydrogen) atoms. The lowest BCUT2D eigenvalue weighted by Crippen LogP contribution is -2.48. The average Bonchev–Trinajstić information content (AvgIpc) is 2.84. The maximum atomic E-state index is 12.5. The number of aliphatic hydroxyl groups excluding tert-OH is 1. The number of piperidine rings is 1. The van der Waals surface area contributed by atoms with E-state index in [0.717, 1.165) is 17.1 Å². The second kappa shape index (κ2) is 7.04. The smallest absolute Gasteiger partial charge is 0.414 e. The zero-order valence-corrected chi connectivity index (χ0v) is 14.0. The highest BCUT2D eigenvalue weighted by atomic mass is 19.4. The highest BCUT2D eigenvalue weighted by molar-refractivity contribution is 5.74. The van der Waals surface area contributed by atoms with E-state index in [1.165, 1.54) is 4.90 Å². The standard InChI is InChI=1S/C16H23F3N2O3/c1-9-8-13(11(3)24-9)10(2)20-15(23)21-6-4-12(5-7-21)14(22)16(17,18)19/h8,10,12,14,22H,4-7H2,1-3H3,(H,20,23). The summed E-state index contributed by atoms with van der Waals surface area (Å²) >= 11 is 0. The van der Waals surface area contributed by atoms with Crippen LogP contribution >= 0.6 is 0 Å². The highest BCUT2D eigenvalue weighted by Crippen LogP contribution is 2.31. The fourth-order valence-electron chi connectivity index (χ4n) is 3.12. The molecule has 0 spiro atoms. The molecule has 2 amide bonds. The number of urea groups is 1. The Morgan fingerprint density at radius 3 is 2.42 bits per heavy atom. The topological polar surface area (TPSA) is 65.7 Å². The number of likely N-dealkylation sites (tertiary alicyclic amines) is 1. The van der Waals surface area contributed by atoms with Gasteiger partial charge in [-0.3, -0.25) is 0 Å². The van der Waals surface area contributed by atoms with Crippen LogP contribution in [0.4, 0.5) is 18.0 Å². The molecule has 2 N–H and O–H groups in total. The molecule has 5 nitrogen and oxygen atoms in total. The lowest BCUT2D eigenvalue weighted by atomic mass is 9.91. The fourth-order valence-corrected chi connectivity index (χ4v) is 3.12. The molecule has 0 aliphatic carbocycles. The Morgan fingerprint density at radius 1 is 1.38 bits per heavy atom. The number of amides is 2. The Balaban J connectivity index is 1.88. The van der Waals surface area contributed by atoms with Crippen LogP contribution in [0.3, 0.4) is 0 Å². The Morgan fingerprint density at radius 2 is 1.96 bits per heavy atom. The zero-order valence-electron chi connectivity index (χ0n) is 14.0. The van der Waals surface area contributed by atoms with Crippen LogP contribution in [0.1, 0.15) is 42.9 Å². The molecular formula is C16H23F3N2O3. The minimum atomic E-state index is -4.61. The van der Waals surface area contributed by atoms with Crippen molar-refractivity contribution < 1.29 is 27.5 Å². The van der Waals surface area contributed by atoms with Crippen LogP contribution in [-0.2, 0) is 0 Å². The number of furan rings is 1. The number of carbonyl (C=O) groups is 1. The van der Waals surface area contributed by atoms with Crippen LogP contribution in [-0.4, -0.2) is 41.4 Å². The van der Waals surface area contributed by atoms with Crippen LogP contribution in [0.15, 0.2) is 10.5 Å². The Hall–Kier alpha value is -1.70. The van der Waals surface area contributed by atoms with Gasteiger partial charge in [0.15, 0.2) is 6.10 Å². The van der Waals surface area contributed by atoms with Gasteiger partial charge in [-0.15, -0.1) is 0 Å². The van der Waals surface area contributed by atoms with Gasteiger partial charge in [-0.1, -0.05) is 0 Å². The van der Waals surface area contributed by atoms with Crippen molar-refractivity contribution in [2.24, 2.45) is 5.92 Å². The minimum Gasteiger partial charge on any atom is -0.466 e. The van der Waals surface area contributed by atoms with E-state index in [1.807, 2.05) is 26.8 Å². The highest BCUT2D eigenvalue weighted by Gasteiger charge is 2.44. The molecule has 0 aromatic carbocycles. The maximum Gasteiger partial charge on any atom is 0.414 e. The Bertz CT molecular complexity index is 578. The summed E-state index contributed by atoms with van der Waals surface area (Å²) in [6.45, 7) is 5.85. The van der Waals surface area contributed by atoms with Crippen molar-refractivity contribution in [3.63, 3.8) is 0 Å². The molecule has 0 bridgehead atoms. The molecule has 1 aliphatic rings. The Labute approximate surface area is 138 Å². The summed E-state index contributed by atoms with van der Waals surface area (Å²) in [6.07, 6.45) is -6.67. The van der Waals surface area contributed by atoms with Crippen LogP contribution < -0.4 is 5.32 Å². The van der Waals surface area contributed by atoms with E-state index in [9.17, 15) is 23.1 Å². The number of halogens is 3. The van der Waals surface area contributed by atoms with Gasteiger partial charge in [0.25, 0.3) is 0 Å². The largest absolute Gasteiger partial charge is 0.466 e. The van der Waals surface area contributed by atoms with E-state index in [2.05, 4.69) is 5.32 Å². The van der Waals surface area contributed by atoms with E-state index in [4.69, 9.17) is 4.42 Å². The minimum absolute atomic E-state index is 0.131. The summed E-state index contributed by atoms with van der Waals surface area (Å²) in [7, 11) is 0. The quantitative estimate of drug-likeness (QED) is 0.881. The molecule has 2 heterocycles. The van der Waals surface area contributed by atoms with E-state index in [0.29, 0.717) is 0 Å². The summed E-state index contributed by atoms with van der Waals surface area (Å²) in [5.41, 5.74) is 0.878. The molecule has 1 fully saturated rings. The third-order valence-electron chi connectivity index (χ3n) is 4.49. The van der Waals surface area contributed by atoms with Crippen molar-refractivity contribution in [3.8, 4) is 0 Å². The van der Waals surface area contributed by atoms with Crippen molar-refractivity contribution in [1.82, 2.24) is 10.2 Å². The first-order valence-electron chi connectivity index (χ1n) is 7.96. The van der Waals surface area contributed by atoms with Gasteiger partial charge in [0.1, 0.15) is 11.5 Å². The Kier molecular flexibility index (Phi) is 5.47. The van der Waals surface area contributed by atoms with Gasteiger partial charge in [-0.2, -0.15) is 13.2 Å². The van der Waals surface area contributed by atoms with Crippen LogP contribution in [0.5, 0.6) is 0 Å². The lowest BCUT2D eigenvalue weighted by Gasteiger charge is -2.35. The number of nitrogens with one attached hydrogen (secondary N) is 1. The van der Waals surface area contributed by atoms with E-state index >= 15 is 0 Å². The summed E-state index contributed by atoms with van der Waals surface area (Å²) in [4.78, 5) is 13.8. The average molecular weight is 348 g/mol. The SMILES string of the molecule is Cc1cc(C(C)NC(=O)N2CCC(C(O)C(F)(F)F)CC2)c(C)o1. The molecule has 8 heteroatoms. The van der Waals surface area contributed by atoms with Gasteiger partial charge >= 0.3 is 12.2 Å². The first-order valence-corrected chi connectivity index (χ1v) is 7.96. The second-order valence-electron chi connectivity index (χ2n) is 6.35. The summed E-state index contributed by atoms with van der Waals surface area (Å²) < 4.78 is 43.0. The third-order valence-corrected chi connectivity index (χ3v) is 4.49. The summed E-state index contributed by atoms with van der Waals surface area (Å²) in [5.74, 6) is 0.628. The first kappa shape index (κ1) is 18.6. The molecular weight excluding hydrogens is 325 g/mol. The molecule has 0 radical (unpaired) electrons.